The number of fused-ring (bicyclic) bond motifs is 2. The lowest BCUT2D eigenvalue weighted by Gasteiger charge is -2.43. The summed E-state index contributed by atoms with van der Waals surface area (Å²) >= 11 is 0. The van der Waals surface area contributed by atoms with Crippen molar-refractivity contribution in [1.82, 2.24) is 9.97 Å². The van der Waals surface area contributed by atoms with Crippen LogP contribution in [-0.4, -0.2) is 44.5 Å². The van der Waals surface area contributed by atoms with Crippen LogP contribution < -0.4 is 0 Å². The van der Waals surface area contributed by atoms with Crippen LogP contribution >= 0.6 is 0 Å². The number of benzene rings is 2. The third kappa shape index (κ3) is 3.65. The SMILES string of the molecule is O=C1CCCC(=O)C1([C@@H](C[N+](=O)[O-])c1c[nH]c2ccccc12)[C@@H](C[N+](=O)[O-])c1c[nH]c2ccccc12. The number of aromatic nitrogens is 2. The topological polar surface area (TPSA) is 152 Å². The first-order valence-corrected chi connectivity index (χ1v) is 11.8. The molecule has 0 radical (unpaired) electrons. The third-order valence-electron chi connectivity index (χ3n) is 7.49. The number of aromatic amines is 2. The van der Waals surface area contributed by atoms with E-state index in [1.165, 1.54) is 0 Å². The van der Waals surface area contributed by atoms with Crippen LogP contribution in [0.5, 0.6) is 0 Å². The Bertz CT molecular complexity index is 1390. The Labute approximate surface area is 205 Å². The van der Waals surface area contributed by atoms with E-state index in [0.29, 0.717) is 39.4 Å². The van der Waals surface area contributed by atoms with E-state index in [1.807, 2.05) is 0 Å². The number of hydrogen-bond donors (Lipinski definition) is 2. The molecule has 0 spiro atoms. The third-order valence-corrected chi connectivity index (χ3v) is 7.49. The summed E-state index contributed by atoms with van der Waals surface area (Å²) in [5, 5.41) is 25.3. The maximum atomic E-state index is 13.9. The van der Waals surface area contributed by atoms with Crippen LogP contribution in [0.15, 0.2) is 60.9 Å². The van der Waals surface area contributed by atoms with E-state index >= 15 is 0 Å². The number of rotatable bonds is 8. The molecule has 10 heteroatoms. The van der Waals surface area contributed by atoms with Gasteiger partial charge in [-0.25, -0.2) is 0 Å². The molecule has 2 aromatic carbocycles. The van der Waals surface area contributed by atoms with Gasteiger partial charge in [-0.05, 0) is 29.7 Å². The Morgan fingerprint density at radius 2 is 1.17 bits per heavy atom. The van der Waals surface area contributed by atoms with E-state index in [0.717, 1.165) is 0 Å². The minimum atomic E-state index is -1.96. The van der Waals surface area contributed by atoms with Crippen LogP contribution in [0, 0.1) is 25.6 Å². The molecule has 1 saturated carbocycles. The van der Waals surface area contributed by atoms with E-state index in [4.69, 9.17) is 0 Å². The van der Waals surface area contributed by atoms with Crippen LogP contribution in [-0.2, 0) is 9.59 Å². The van der Waals surface area contributed by atoms with Gasteiger partial charge < -0.3 is 9.97 Å². The molecule has 184 valence electrons. The first-order valence-electron chi connectivity index (χ1n) is 11.8. The van der Waals surface area contributed by atoms with Gasteiger partial charge in [0.05, 0.1) is 11.8 Å². The standard InChI is InChI=1S/C26H24N4O6/c31-24-10-5-11-25(32)26(24,20(14-29(33)34)18-12-27-22-8-3-1-6-16(18)22)21(15-30(35)36)19-13-28-23-9-4-2-7-17(19)23/h1-4,6-9,12-13,20-21,27-28H,5,10-11,14-15H2/t20-,21-/m0/s1. The maximum absolute atomic E-state index is 13.9. The summed E-state index contributed by atoms with van der Waals surface area (Å²) in [6.45, 7) is -1.42. The average molecular weight is 489 g/mol. The number of hydrogen-bond acceptors (Lipinski definition) is 6. The molecule has 1 aliphatic carbocycles. The molecular weight excluding hydrogens is 464 g/mol. The van der Waals surface area contributed by atoms with E-state index < -0.39 is 51.8 Å². The number of Topliss-reactive ketones (excluding diaryl/α,β-unsaturated/α-hetero) is 2. The summed E-state index contributed by atoms with van der Waals surface area (Å²) in [5.74, 6) is -3.34. The van der Waals surface area contributed by atoms with E-state index in [2.05, 4.69) is 9.97 Å². The number of nitro groups is 2. The molecule has 0 saturated heterocycles. The first-order chi connectivity index (χ1) is 17.3. The number of carbonyl (C=O) groups is 2. The van der Waals surface area contributed by atoms with Gasteiger partial charge in [0.1, 0.15) is 17.0 Å². The molecule has 2 aromatic heterocycles. The summed E-state index contributed by atoms with van der Waals surface area (Å²) < 4.78 is 0. The lowest BCUT2D eigenvalue weighted by molar-refractivity contribution is -0.492. The lowest BCUT2D eigenvalue weighted by atomic mass is 9.54. The Morgan fingerprint density at radius 3 is 1.58 bits per heavy atom. The number of H-pyrrole nitrogens is 2. The fourth-order valence-electron chi connectivity index (χ4n) is 6.04. The summed E-state index contributed by atoms with van der Waals surface area (Å²) in [6, 6.07) is 14.3. The molecule has 2 heterocycles. The van der Waals surface area contributed by atoms with Crippen molar-refractivity contribution in [3.63, 3.8) is 0 Å². The minimum Gasteiger partial charge on any atom is -0.361 e. The summed E-state index contributed by atoms with van der Waals surface area (Å²) in [6.07, 6.45) is 3.55. The highest BCUT2D eigenvalue weighted by atomic mass is 16.6. The molecule has 10 nitrogen and oxygen atoms in total. The fourth-order valence-corrected chi connectivity index (χ4v) is 6.04. The van der Waals surface area contributed by atoms with Crippen molar-refractivity contribution >= 4 is 33.4 Å². The van der Waals surface area contributed by atoms with Crippen LogP contribution in [0.4, 0.5) is 0 Å². The molecule has 0 unspecified atom stereocenters. The normalized spacial score (nSPS) is 17.3. The van der Waals surface area contributed by atoms with Gasteiger partial charge in [0.15, 0.2) is 0 Å². The predicted octanol–water partition coefficient (Wildman–Crippen LogP) is 4.38. The molecule has 0 bridgehead atoms. The van der Waals surface area contributed by atoms with Gasteiger partial charge >= 0.3 is 0 Å². The molecule has 2 N–H and O–H groups in total. The van der Waals surface area contributed by atoms with Gasteiger partial charge in [-0.3, -0.25) is 29.8 Å². The van der Waals surface area contributed by atoms with Crippen LogP contribution in [0.2, 0.25) is 0 Å². The number of para-hydroxylation sites is 2. The molecule has 4 aromatic rings. The van der Waals surface area contributed by atoms with Gasteiger partial charge in [-0.2, -0.15) is 0 Å². The van der Waals surface area contributed by atoms with Crippen molar-refractivity contribution in [2.45, 2.75) is 31.1 Å². The molecule has 36 heavy (non-hydrogen) atoms. The van der Waals surface area contributed by atoms with Crippen molar-refractivity contribution in [2.24, 2.45) is 5.41 Å². The van der Waals surface area contributed by atoms with Crippen molar-refractivity contribution in [2.75, 3.05) is 13.1 Å². The van der Waals surface area contributed by atoms with E-state index in [-0.39, 0.29) is 12.8 Å². The average Bonchev–Trinajstić information content (AvgIpc) is 3.46. The molecule has 0 aliphatic heterocycles. The van der Waals surface area contributed by atoms with Crippen molar-refractivity contribution in [1.29, 1.82) is 0 Å². The van der Waals surface area contributed by atoms with Gasteiger partial charge in [-0.15, -0.1) is 0 Å². The summed E-state index contributed by atoms with van der Waals surface area (Å²) in [5.41, 5.74) is 0.321. The Hall–Kier alpha value is -4.34. The van der Waals surface area contributed by atoms with Crippen LogP contribution in [0.3, 0.4) is 0 Å². The monoisotopic (exact) mass is 488 g/mol. The molecule has 1 fully saturated rings. The molecule has 1 aliphatic rings. The van der Waals surface area contributed by atoms with E-state index in [9.17, 15) is 29.8 Å². The molecule has 0 amide bonds. The molecular formula is C26H24N4O6. The first kappa shape index (κ1) is 23.4. The largest absolute Gasteiger partial charge is 0.361 e. The zero-order valence-electron chi connectivity index (χ0n) is 19.3. The zero-order valence-corrected chi connectivity index (χ0v) is 19.3. The number of ketones is 2. The van der Waals surface area contributed by atoms with Gasteiger partial charge in [0.2, 0.25) is 13.1 Å². The van der Waals surface area contributed by atoms with E-state index in [1.54, 1.807) is 60.9 Å². The highest BCUT2D eigenvalue weighted by Crippen LogP contribution is 2.54. The Kier molecular flexibility index (Phi) is 5.87. The smallest absolute Gasteiger partial charge is 0.212 e. The number of nitrogens with one attached hydrogen (secondary N) is 2. The second kappa shape index (κ2) is 9.03. The zero-order chi connectivity index (χ0) is 25.4. The minimum absolute atomic E-state index is 0.0267. The Balaban J connectivity index is 1.83. The maximum Gasteiger partial charge on any atom is 0.212 e. The fraction of sp³-hybridized carbons (Fsp3) is 0.308. The second-order valence-corrected chi connectivity index (χ2v) is 9.28. The summed E-state index contributed by atoms with van der Waals surface area (Å²) in [7, 11) is 0. The predicted molar refractivity (Wildman–Crippen MR) is 132 cm³/mol. The van der Waals surface area contributed by atoms with Gasteiger partial charge in [-0.1, -0.05) is 36.4 Å². The highest BCUT2D eigenvalue weighted by molar-refractivity contribution is 6.12. The van der Waals surface area contributed by atoms with Crippen LogP contribution in [0.1, 0.15) is 42.2 Å². The number of nitrogens with zero attached hydrogens (tertiary/aromatic N) is 2. The van der Waals surface area contributed by atoms with Crippen LogP contribution in [0.25, 0.3) is 21.8 Å². The lowest BCUT2D eigenvalue weighted by Crippen LogP contribution is -2.54. The second-order valence-electron chi connectivity index (χ2n) is 9.28. The summed E-state index contributed by atoms with van der Waals surface area (Å²) in [4.78, 5) is 57.0. The molecule has 5 rings (SSSR count). The van der Waals surface area contributed by atoms with Gasteiger partial charge in [0, 0.05) is 56.9 Å². The number of carbonyl (C=O) groups excluding carboxylic acids is 2. The van der Waals surface area contributed by atoms with Crippen molar-refractivity contribution < 1.29 is 19.4 Å². The quantitative estimate of drug-likeness (QED) is 0.213. The van der Waals surface area contributed by atoms with Crippen molar-refractivity contribution in [3.8, 4) is 0 Å². The highest BCUT2D eigenvalue weighted by Gasteiger charge is 2.61. The Morgan fingerprint density at radius 1 is 0.750 bits per heavy atom. The van der Waals surface area contributed by atoms with Crippen molar-refractivity contribution in [3.05, 3.63) is 92.3 Å². The molecule has 2 atom stereocenters. The van der Waals surface area contributed by atoms with Gasteiger partial charge in [0.25, 0.3) is 0 Å².